The number of hydrogen-bond acceptors (Lipinski definition) is 1. The zero-order valence-electron chi connectivity index (χ0n) is 28.6. The highest BCUT2D eigenvalue weighted by Gasteiger charge is 2.42. The molecule has 0 saturated carbocycles. The van der Waals surface area contributed by atoms with Gasteiger partial charge in [0.15, 0.2) is 0 Å². The van der Waals surface area contributed by atoms with E-state index in [0.717, 1.165) is 11.4 Å². The fraction of sp³-hybridized carbons (Fsp3) is 0.0400. The van der Waals surface area contributed by atoms with Gasteiger partial charge in [-0.25, -0.2) is 0 Å². The second kappa shape index (κ2) is 12.8. The molecule has 1 aliphatic rings. The van der Waals surface area contributed by atoms with Gasteiger partial charge in [0.1, 0.15) is 0 Å². The van der Waals surface area contributed by atoms with Crippen molar-refractivity contribution < 1.29 is 0 Å². The van der Waals surface area contributed by atoms with E-state index in [1.54, 1.807) is 0 Å². The van der Waals surface area contributed by atoms with Crippen molar-refractivity contribution in [1.82, 2.24) is 0 Å². The van der Waals surface area contributed by atoms with Crippen LogP contribution in [0.5, 0.6) is 0 Å². The van der Waals surface area contributed by atoms with Crippen LogP contribution in [0.2, 0.25) is 0 Å². The van der Waals surface area contributed by atoms with E-state index in [-0.39, 0.29) is 5.41 Å². The third-order valence-corrected chi connectivity index (χ3v) is 10.6. The Morgan fingerprint density at radius 2 is 0.765 bits per heavy atom. The number of benzene rings is 8. The van der Waals surface area contributed by atoms with Crippen LogP contribution < -0.4 is 4.90 Å². The summed E-state index contributed by atoms with van der Waals surface area (Å²) in [5.41, 5.74) is 16.9. The van der Waals surface area contributed by atoms with Crippen molar-refractivity contribution in [2.24, 2.45) is 0 Å². The summed E-state index contributed by atoms with van der Waals surface area (Å²) in [7, 11) is 0. The minimum Gasteiger partial charge on any atom is -0.310 e. The molecule has 8 aromatic rings. The first-order valence-corrected chi connectivity index (χ1v) is 17.7. The van der Waals surface area contributed by atoms with Crippen molar-refractivity contribution >= 4 is 17.1 Å². The monoisotopic (exact) mass is 651 g/mol. The Hall–Kier alpha value is -6.44. The second-order valence-electron chi connectivity index (χ2n) is 13.4. The van der Waals surface area contributed by atoms with E-state index in [4.69, 9.17) is 0 Å². The Morgan fingerprint density at radius 3 is 1.37 bits per heavy atom. The first kappa shape index (κ1) is 30.6. The Labute approximate surface area is 300 Å². The SMILES string of the molecule is CC1(c2ccccc2)c2ccccc2-c2c(N(c3ccc(-c4ccccc4)cc3)c3ccc(-c4ccccc4-c4ccccc4)cc3)cccc21. The van der Waals surface area contributed by atoms with Crippen LogP contribution in [0, 0.1) is 0 Å². The smallest absolute Gasteiger partial charge is 0.0543 e. The van der Waals surface area contributed by atoms with E-state index in [1.807, 2.05) is 0 Å². The van der Waals surface area contributed by atoms with Gasteiger partial charge in [-0.05, 0) is 92.9 Å². The number of rotatable bonds is 7. The fourth-order valence-electron chi connectivity index (χ4n) is 8.05. The van der Waals surface area contributed by atoms with Crippen LogP contribution in [0.15, 0.2) is 206 Å². The Morgan fingerprint density at radius 1 is 0.333 bits per heavy atom. The molecule has 1 nitrogen and oxygen atoms in total. The van der Waals surface area contributed by atoms with Crippen LogP contribution in [-0.2, 0) is 5.41 Å². The highest BCUT2D eigenvalue weighted by Crippen LogP contribution is 2.56. The van der Waals surface area contributed by atoms with Crippen LogP contribution >= 0.6 is 0 Å². The van der Waals surface area contributed by atoms with Crippen molar-refractivity contribution in [2.75, 3.05) is 4.90 Å². The molecular weight excluding hydrogens is 615 g/mol. The molecule has 1 heteroatoms. The molecule has 0 bridgehead atoms. The molecule has 0 N–H and O–H groups in total. The zero-order chi connectivity index (χ0) is 34.2. The maximum Gasteiger partial charge on any atom is 0.0543 e. The first-order chi connectivity index (χ1) is 25.2. The average Bonchev–Trinajstić information content (AvgIpc) is 3.49. The summed E-state index contributed by atoms with van der Waals surface area (Å²) in [5, 5.41) is 0. The molecular formula is C50H37N. The Kier molecular flexibility index (Phi) is 7.67. The lowest BCUT2D eigenvalue weighted by molar-refractivity contribution is 0.714. The lowest BCUT2D eigenvalue weighted by atomic mass is 9.74. The summed E-state index contributed by atoms with van der Waals surface area (Å²) in [6.45, 7) is 2.38. The highest BCUT2D eigenvalue weighted by molar-refractivity contribution is 5.96. The van der Waals surface area contributed by atoms with Crippen molar-refractivity contribution in [1.29, 1.82) is 0 Å². The van der Waals surface area contributed by atoms with Crippen molar-refractivity contribution in [3.63, 3.8) is 0 Å². The number of fused-ring (bicyclic) bond motifs is 3. The van der Waals surface area contributed by atoms with Gasteiger partial charge in [-0.1, -0.05) is 176 Å². The minimum absolute atomic E-state index is 0.281. The third-order valence-electron chi connectivity index (χ3n) is 10.6. The number of anilines is 3. The van der Waals surface area contributed by atoms with Gasteiger partial charge in [-0.15, -0.1) is 0 Å². The van der Waals surface area contributed by atoms with Crippen LogP contribution in [0.3, 0.4) is 0 Å². The predicted molar refractivity (Wildman–Crippen MR) is 215 cm³/mol. The number of nitrogens with zero attached hydrogens (tertiary/aromatic N) is 1. The zero-order valence-corrected chi connectivity index (χ0v) is 28.6. The van der Waals surface area contributed by atoms with Gasteiger partial charge in [0.25, 0.3) is 0 Å². The topological polar surface area (TPSA) is 3.24 Å². The molecule has 0 aromatic heterocycles. The molecule has 1 atom stereocenters. The molecule has 0 heterocycles. The van der Waals surface area contributed by atoms with Crippen molar-refractivity contribution in [3.8, 4) is 44.5 Å². The van der Waals surface area contributed by atoms with E-state index >= 15 is 0 Å². The highest BCUT2D eigenvalue weighted by atomic mass is 15.1. The molecule has 0 saturated heterocycles. The lowest BCUT2D eigenvalue weighted by Gasteiger charge is -2.30. The summed E-state index contributed by atoms with van der Waals surface area (Å²) < 4.78 is 0. The van der Waals surface area contributed by atoms with Crippen LogP contribution in [0.4, 0.5) is 17.1 Å². The molecule has 1 aliphatic carbocycles. The van der Waals surface area contributed by atoms with E-state index in [2.05, 4.69) is 218 Å². The quantitative estimate of drug-likeness (QED) is 0.166. The van der Waals surface area contributed by atoms with Gasteiger partial charge in [-0.3, -0.25) is 0 Å². The van der Waals surface area contributed by atoms with Gasteiger partial charge in [0.05, 0.1) is 5.69 Å². The average molecular weight is 652 g/mol. The first-order valence-electron chi connectivity index (χ1n) is 17.7. The molecule has 8 aromatic carbocycles. The second-order valence-corrected chi connectivity index (χ2v) is 13.4. The Balaban J connectivity index is 1.22. The molecule has 0 spiro atoms. The largest absolute Gasteiger partial charge is 0.310 e. The minimum atomic E-state index is -0.281. The van der Waals surface area contributed by atoms with E-state index in [1.165, 1.54) is 66.9 Å². The molecule has 0 fully saturated rings. The van der Waals surface area contributed by atoms with Gasteiger partial charge < -0.3 is 4.90 Å². The molecule has 9 rings (SSSR count). The maximum atomic E-state index is 2.44. The molecule has 0 radical (unpaired) electrons. The van der Waals surface area contributed by atoms with Gasteiger partial charge in [-0.2, -0.15) is 0 Å². The summed E-state index contributed by atoms with van der Waals surface area (Å²) in [4.78, 5) is 2.44. The van der Waals surface area contributed by atoms with E-state index in [0.29, 0.717) is 0 Å². The van der Waals surface area contributed by atoms with Crippen LogP contribution in [0.25, 0.3) is 44.5 Å². The van der Waals surface area contributed by atoms with Crippen LogP contribution in [-0.4, -0.2) is 0 Å². The predicted octanol–water partition coefficient (Wildman–Crippen LogP) is 13.5. The van der Waals surface area contributed by atoms with Gasteiger partial charge in [0.2, 0.25) is 0 Å². The van der Waals surface area contributed by atoms with Gasteiger partial charge in [0, 0.05) is 22.4 Å². The molecule has 0 aliphatic heterocycles. The van der Waals surface area contributed by atoms with Crippen molar-refractivity contribution in [3.05, 3.63) is 223 Å². The van der Waals surface area contributed by atoms with E-state index in [9.17, 15) is 0 Å². The molecule has 1 unspecified atom stereocenters. The normalized spacial score (nSPS) is 14.5. The summed E-state index contributed by atoms with van der Waals surface area (Å²) in [5.74, 6) is 0. The van der Waals surface area contributed by atoms with Crippen molar-refractivity contribution in [2.45, 2.75) is 12.3 Å². The summed E-state index contributed by atoms with van der Waals surface area (Å²) in [6, 6.07) is 74.8. The summed E-state index contributed by atoms with van der Waals surface area (Å²) in [6.07, 6.45) is 0. The molecule has 242 valence electrons. The standard InChI is InChI=1S/C50H37N/c1-50(40-20-9-4-10-21-40)46-25-14-13-24-45(46)49-47(50)26-15-27-48(49)51(41-32-28-37(29-33-41)36-16-5-2-6-17-36)42-34-30-39(31-35-42)44-23-12-11-22-43(44)38-18-7-3-8-19-38/h2-35H,1H3. The lowest BCUT2D eigenvalue weighted by Crippen LogP contribution is -2.22. The third kappa shape index (κ3) is 5.26. The van der Waals surface area contributed by atoms with Gasteiger partial charge >= 0.3 is 0 Å². The Bertz CT molecular complexity index is 2450. The van der Waals surface area contributed by atoms with Crippen LogP contribution in [0.1, 0.15) is 23.6 Å². The number of hydrogen-bond donors (Lipinski definition) is 0. The maximum absolute atomic E-state index is 2.44. The summed E-state index contributed by atoms with van der Waals surface area (Å²) >= 11 is 0. The van der Waals surface area contributed by atoms with E-state index < -0.39 is 0 Å². The fourth-order valence-corrected chi connectivity index (χ4v) is 8.05. The molecule has 51 heavy (non-hydrogen) atoms. The molecule has 0 amide bonds.